The van der Waals surface area contributed by atoms with E-state index in [1.54, 1.807) is 0 Å². The lowest BCUT2D eigenvalue weighted by Gasteiger charge is -2.30. The first-order valence-corrected chi connectivity index (χ1v) is 19.2. The lowest BCUT2D eigenvalue weighted by Crippen LogP contribution is -2.25. The maximum absolute atomic E-state index is 5.32. The zero-order valence-electron chi connectivity index (χ0n) is 30.4. The van der Waals surface area contributed by atoms with Crippen LogP contribution in [0.1, 0.15) is 22.3 Å². The van der Waals surface area contributed by atoms with E-state index in [2.05, 4.69) is 199 Å². The summed E-state index contributed by atoms with van der Waals surface area (Å²) in [5, 5.41) is 2.49. The van der Waals surface area contributed by atoms with Gasteiger partial charge in [0.2, 0.25) is 0 Å². The number of fused-ring (bicyclic) bond motifs is 13. The third-order valence-corrected chi connectivity index (χ3v) is 12.0. The Bertz CT molecular complexity index is 3090. The molecule has 3 heteroatoms. The molecule has 0 saturated heterocycles. The molecule has 2 aromatic heterocycles. The van der Waals surface area contributed by atoms with Crippen molar-refractivity contribution in [3.05, 3.63) is 222 Å². The molecule has 10 aromatic rings. The zero-order chi connectivity index (χ0) is 36.8. The summed E-state index contributed by atoms with van der Waals surface area (Å²) in [6, 6.07) is 72.4. The van der Waals surface area contributed by atoms with Crippen LogP contribution in [0.3, 0.4) is 0 Å². The standard InChI is InChI=1S/C53H33N3/c1-2-15-34(16-3-1)52-54-48(35-17-14-18-37(31-35)56-50-27-12-7-22-42(50)43-23-8-13-28-51(43)56)33-49(55-52)36-29-30-41-40-21-6-11-26-46(40)53(47(41)32-36)44-24-9-4-19-38(44)39-20-5-10-25-45(39)53/h1-33H. The first-order valence-electron chi connectivity index (χ1n) is 19.2. The van der Waals surface area contributed by atoms with Crippen LogP contribution in [0.2, 0.25) is 0 Å². The van der Waals surface area contributed by atoms with Gasteiger partial charge in [-0.3, -0.25) is 0 Å². The second-order valence-corrected chi connectivity index (χ2v) is 14.9. The van der Waals surface area contributed by atoms with E-state index in [1.165, 1.54) is 66.3 Å². The molecular formula is C53H33N3. The number of benzene rings is 8. The van der Waals surface area contributed by atoms with E-state index in [9.17, 15) is 0 Å². The Balaban J connectivity index is 1.08. The van der Waals surface area contributed by atoms with E-state index in [-0.39, 0.29) is 0 Å². The molecule has 56 heavy (non-hydrogen) atoms. The fourth-order valence-corrected chi connectivity index (χ4v) is 9.72. The number of hydrogen-bond acceptors (Lipinski definition) is 2. The molecule has 260 valence electrons. The molecule has 0 unspecified atom stereocenters. The minimum absolute atomic E-state index is 0.427. The fourth-order valence-electron chi connectivity index (χ4n) is 9.72. The van der Waals surface area contributed by atoms with Gasteiger partial charge in [0.15, 0.2) is 5.82 Å². The molecule has 3 nitrogen and oxygen atoms in total. The molecule has 0 aliphatic heterocycles. The zero-order valence-corrected chi connectivity index (χ0v) is 30.4. The summed E-state index contributed by atoms with van der Waals surface area (Å²) in [5.74, 6) is 0.704. The van der Waals surface area contributed by atoms with E-state index in [4.69, 9.17) is 9.97 Å². The maximum atomic E-state index is 5.32. The highest BCUT2D eigenvalue weighted by atomic mass is 15.0. The fraction of sp³-hybridized carbons (Fsp3) is 0.0189. The largest absolute Gasteiger partial charge is 0.309 e. The van der Waals surface area contributed by atoms with Crippen molar-refractivity contribution in [1.29, 1.82) is 0 Å². The summed E-state index contributed by atoms with van der Waals surface area (Å²) < 4.78 is 2.36. The smallest absolute Gasteiger partial charge is 0.160 e. The quantitative estimate of drug-likeness (QED) is 0.182. The second kappa shape index (κ2) is 11.8. The van der Waals surface area contributed by atoms with Gasteiger partial charge in [0, 0.05) is 33.2 Å². The summed E-state index contributed by atoms with van der Waals surface area (Å²) in [6.07, 6.45) is 0. The Morgan fingerprint density at radius 2 is 0.821 bits per heavy atom. The van der Waals surface area contributed by atoms with Crippen LogP contribution in [0, 0.1) is 0 Å². The van der Waals surface area contributed by atoms with Crippen LogP contribution in [0.4, 0.5) is 0 Å². The SMILES string of the molecule is c1ccc(-c2nc(-c3cccc(-n4c5ccccc5c5ccccc54)c3)cc(-c3ccc4c(c3)C3(c5ccccc5-c5ccccc53)c3ccccc3-4)n2)cc1. The molecule has 8 aromatic carbocycles. The van der Waals surface area contributed by atoms with Crippen LogP contribution in [-0.4, -0.2) is 14.5 Å². The molecule has 0 bridgehead atoms. The molecule has 2 aliphatic rings. The average Bonchev–Trinajstić information content (AvgIpc) is 3.88. The van der Waals surface area contributed by atoms with Gasteiger partial charge in [0.1, 0.15) is 0 Å². The van der Waals surface area contributed by atoms with Crippen molar-refractivity contribution in [3.63, 3.8) is 0 Å². The number of para-hydroxylation sites is 2. The van der Waals surface area contributed by atoms with Crippen LogP contribution >= 0.6 is 0 Å². The number of rotatable bonds is 4. The molecule has 0 N–H and O–H groups in total. The molecule has 0 atom stereocenters. The first kappa shape index (κ1) is 31.0. The van der Waals surface area contributed by atoms with Crippen molar-refractivity contribution in [2.45, 2.75) is 5.41 Å². The Morgan fingerprint density at radius 3 is 1.43 bits per heavy atom. The molecule has 2 heterocycles. The van der Waals surface area contributed by atoms with E-state index in [0.29, 0.717) is 5.82 Å². The van der Waals surface area contributed by atoms with Crippen LogP contribution in [0.25, 0.3) is 83.6 Å². The van der Waals surface area contributed by atoms with Gasteiger partial charge in [-0.1, -0.05) is 164 Å². The lowest BCUT2D eigenvalue weighted by atomic mass is 9.70. The van der Waals surface area contributed by atoms with Gasteiger partial charge < -0.3 is 4.57 Å². The topological polar surface area (TPSA) is 30.7 Å². The van der Waals surface area contributed by atoms with Crippen molar-refractivity contribution in [1.82, 2.24) is 14.5 Å². The third-order valence-electron chi connectivity index (χ3n) is 12.0. The number of nitrogens with zero attached hydrogens (tertiary/aromatic N) is 3. The Labute approximate surface area is 324 Å². The Kier molecular flexibility index (Phi) is 6.55. The normalized spacial score (nSPS) is 13.1. The van der Waals surface area contributed by atoms with Crippen molar-refractivity contribution in [2.75, 3.05) is 0 Å². The van der Waals surface area contributed by atoms with Gasteiger partial charge in [-0.25, -0.2) is 9.97 Å². The predicted octanol–water partition coefficient (Wildman–Crippen LogP) is 12.9. The molecule has 1 spiro atoms. The molecule has 12 rings (SSSR count). The highest BCUT2D eigenvalue weighted by molar-refractivity contribution is 6.09. The van der Waals surface area contributed by atoms with Crippen LogP contribution in [0.15, 0.2) is 200 Å². The highest BCUT2D eigenvalue weighted by Gasteiger charge is 2.51. The van der Waals surface area contributed by atoms with Crippen molar-refractivity contribution >= 4 is 21.8 Å². The molecule has 0 amide bonds. The summed E-state index contributed by atoms with van der Waals surface area (Å²) in [6.45, 7) is 0. The van der Waals surface area contributed by atoms with Gasteiger partial charge in [-0.05, 0) is 80.9 Å². The summed E-state index contributed by atoms with van der Waals surface area (Å²) in [4.78, 5) is 10.6. The van der Waals surface area contributed by atoms with Crippen molar-refractivity contribution in [2.24, 2.45) is 0 Å². The first-order chi connectivity index (χ1) is 27.8. The molecular weight excluding hydrogens is 679 g/mol. The van der Waals surface area contributed by atoms with E-state index < -0.39 is 5.41 Å². The minimum Gasteiger partial charge on any atom is -0.309 e. The molecule has 0 fully saturated rings. The van der Waals surface area contributed by atoms with E-state index in [1.807, 2.05) is 6.07 Å². The van der Waals surface area contributed by atoms with Gasteiger partial charge in [0.25, 0.3) is 0 Å². The molecule has 2 aliphatic carbocycles. The predicted molar refractivity (Wildman–Crippen MR) is 229 cm³/mol. The monoisotopic (exact) mass is 711 g/mol. The number of hydrogen-bond donors (Lipinski definition) is 0. The van der Waals surface area contributed by atoms with E-state index in [0.717, 1.165) is 33.8 Å². The summed E-state index contributed by atoms with van der Waals surface area (Å²) in [7, 11) is 0. The Morgan fingerprint density at radius 1 is 0.339 bits per heavy atom. The lowest BCUT2D eigenvalue weighted by molar-refractivity contribution is 0.794. The van der Waals surface area contributed by atoms with Gasteiger partial charge >= 0.3 is 0 Å². The molecule has 0 radical (unpaired) electrons. The summed E-state index contributed by atoms with van der Waals surface area (Å²) >= 11 is 0. The van der Waals surface area contributed by atoms with Crippen LogP contribution in [0.5, 0.6) is 0 Å². The number of aromatic nitrogens is 3. The second-order valence-electron chi connectivity index (χ2n) is 14.9. The maximum Gasteiger partial charge on any atom is 0.160 e. The van der Waals surface area contributed by atoms with Crippen molar-refractivity contribution < 1.29 is 0 Å². The van der Waals surface area contributed by atoms with E-state index >= 15 is 0 Å². The van der Waals surface area contributed by atoms with Gasteiger partial charge in [-0.2, -0.15) is 0 Å². The van der Waals surface area contributed by atoms with Gasteiger partial charge in [0.05, 0.1) is 27.8 Å². The van der Waals surface area contributed by atoms with Gasteiger partial charge in [-0.15, -0.1) is 0 Å². The van der Waals surface area contributed by atoms with Crippen LogP contribution < -0.4 is 0 Å². The third kappa shape index (κ3) is 4.28. The van der Waals surface area contributed by atoms with Crippen LogP contribution in [-0.2, 0) is 5.41 Å². The summed E-state index contributed by atoms with van der Waals surface area (Å²) in [5.41, 5.74) is 18.3. The highest BCUT2D eigenvalue weighted by Crippen LogP contribution is 2.63. The van der Waals surface area contributed by atoms with Crippen molar-refractivity contribution in [3.8, 4) is 61.8 Å². The minimum atomic E-state index is -0.427. The average molecular weight is 712 g/mol. The Hall–Kier alpha value is -7.36. The molecule has 0 saturated carbocycles.